The van der Waals surface area contributed by atoms with Crippen molar-refractivity contribution in [2.24, 2.45) is 0 Å². The third kappa shape index (κ3) is 84.7. The number of esters is 2. The molecule has 0 aliphatic rings. The molecule has 0 saturated carbocycles. The van der Waals surface area contributed by atoms with Gasteiger partial charge in [0, 0.05) is 12.8 Å². The van der Waals surface area contributed by atoms with Gasteiger partial charge in [0.05, 0.1) is 40.3 Å². The van der Waals surface area contributed by atoms with Crippen LogP contribution in [-0.2, 0) is 33.3 Å². The Morgan fingerprint density at radius 2 is 0.514 bits per heavy atom. The van der Waals surface area contributed by atoms with Gasteiger partial charge >= 0.3 is 11.9 Å². The number of hydrogen-bond acceptors (Lipinski definition) is 8. The van der Waals surface area contributed by atoms with Crippen LogP contribution in [0.5, 0.6) is 0 Å². The van der Waals surface area contributed by atoms with Crippen molar-refractivity contribution in [1.29, 1.82) is 0 Å². The molecule has 0 aromatic heterocycles. The number of quaternary nitrogens is 1. The van der Waals surface area contributed by atoms with Crippen molar-refractivity contribution in [1.82, 2.24) is 0 Å². The van der Waals surface area contributed by atoms with Gasteiger partial charge in [0.15, 0.2) is 12.4 Å². The van der Waals surface area contributed by atoms with Crippen LogP contribution in [0, 0.1) is 0 Å². The van der Waals surface area contributed by atoms with Crippen LogP contribution in [0.2, 0.25) is 0 Å². The number of allylic oxidation sites excluding steroid dienone is 36. The van der Waals surface area contributed by atoms with Crippen molar-refractivity contribution in [2.45, 2.75) is 322 Å². The van der Waals surface area contributed by atoms with E-state index < -0.39 is 24.3 Å². The molecule has 0 N–H and O–H groups in total. The highest BCUT2D eigenvalue weighted by atomic mass is 16.7. The summed E-state index contributed by atoms with van der Waals surface area (Å²) >= 11 is 0. The number of rotatable bonds is 75. The first-order valence-electron chi connectivity index (χ1n) is 41.9. The van der Waals surface area contributed by atoms with Gasteiger partial charge in [0.25, 0.3) is 0 Å². The molecule has 2 atom stereocenters. The molecule has 0 aromatic rings. The van der Waals surface area contributed by atoms with Crippen molar-refractivity contribution >= 4 is 17.9 Å². The Kier molecular flexibility index (Phi) is 78.2. The zero-order valence-corrected chi connectivity index (χ0v) is 67.5. The fourth-order valence-electron chi connectivity index (χ4n) is 10.9. The van der Waals surface area contributed by atoms with Crippen LogP contribution in [0.25, 0.3) is 0 Å². The van der Waals surface area contributed by atoms with Crippen LogP contribution >= 0.6 is 0 Å². The van der Waals surface area contributed by atoms with E-state index in [9.17, 15) is 19.5 Å². The first kappa shape index (κ1) is 98.6. The van der Waals surface area contributed by atoms with Crippen LogP contribution < -0.4 is 5.11 Å². The summed E-state index contributed by atoms with van der Waals surface area (Å²) in [4.78, 5) is 37.7. The minimum atomic E-state index is -1.64. The molecular weight excluding hydrogens is 1300 g/mol. The fourth-order valence-corrected chi connectivity index (χ4v) is 10.9. The largest absolute Gasteiger partial charge is 0.545 e. The smallest absolute Gasteiger partial charge is 0.306 e. The zero-order chi connectivity index (χ0) is 76.0. The van der Waals surface area contributed by atoms with Crippen molar-refractivity contribution in [3.63, 3.8) is 0 Å². The number of carboxylic acids is 1. The number of hydrogen-bond donors (Lipinski definition) is 0. The van der Waals surface area contributed by atoms with E-state index >= 15 is 0 Å². The lowest BCUT2D eigenvalue weighted by Gasteiger charge is -2.26. The standard InChI is InChI=1S/C96H153NO8/c1-6-8-10-12-14-16-18-20-22-24-26-28-30-32-34-36-38-40-42-44-46-47-49-50-52-54-56-58-60-62-64-66-68-70-72-74-76-78-80-82-84-86-93(98)103-90-92(91-104-96(95(100)101)102-89-88-97(3,4)5)105-94(99)87-85-83-81-79-77-75-73-71-69-67-65-63-61-59-57-55-53-51-48-45-43-41-39-37-35-33-31-29-27-25-23-21-19-17-15-13-11-9-7-2/h8-11,14-17,20-23,26-29,32-35,38-41,44-46,48-50,53,55,59,61,65,67,92,96H,6-7,12-13,18-19,24-25,30-31,36-37,42-43,47,51-52,54,56-58,60,62-64,66,68-91H2,1-5H3/b10-8-,11-9-,16-14-,17-15-,22-20-,23-21-,28-26-,29-27-,34-32-,35-33-,40-38-,41-39-,46-44-,48-45-,50-49-,55-53-,61-59-,67-65-. The molecule has 590 valence electrons. The molecule has 0 aromatic carbocycles. The summed E-state index contributed by atoms with van der Waals surface area (Å²) in [5.74, 6) is -2.30. The van der Waals surface area contributed by atoms with Crippen molar-refractivity contribution in [3.8, 4) is 0 Å². The number of carbonyl (C=O) groups excluding carboxylic acids is 3. The van der Waals surface area contributed by atoms with E-state index in [1.165, 1.54) is 116 Å². The molecule has 2 unspecified atom stereocenters. The van der Waals surface area contributed by atoms with E-state index in [1.807, 2.05) is 21.1 Å². The predicted octanol–water partition coefficient (Wildman–Crippen LogP) is 26.3. The molecule has 0 heterocycles. The van der Waals surface area contributed by atoms with Gasteiger partial charge in [0.2, 0.25) is 0 Å². The van der Waals surface area contributed by atoms with Crippen LogP contribution in [0.1, 0.15) is 309 Å². The highest BCUT2D eigenvalue weighted by Gasteiger charge is 2.22. The summed E-state index contributed by atoms with van der Waals surface area (Å²) in [6, 6.07) is 0. The maximum absolute atomic E-state index is 13.0. The van der Waals surface area contributed by atoms with Gasteiger partial charge in [0.1, 0.15) is 13.2 Å². The van der Waals surface area contributed by atoms with Crippen LogP contribution in [0.3, 0.4) is 0 Å². The van der Waals surface area contributed by atoms with Crippen molar-refractivity contribution in [3.05, 3.63) is 219 Å². The maximum atomic E-state index is 13.0. The molecule has 0 aliphatic carbocycles. The molecule has 0 spiro atoms. The lowest BCUT2D eigenvalue weighted by atomic mass is 10.0. The summed E-state index contributed by atoms with van der Waals surface area (Å²) < 4.78 is 22.9. The van der Waals surface area contributed by atoms with Gasteiger partial charge < -0.3 is 33.3 Å². The highest BCUT2D eigenvalue weighted by molar-refractivity contribution is 5.70. The van der Waals surface area contributed by atoms with E-state index in [-0.39, 0.29) is 38.6 Å². The number of aliphatic carboxylic acids is 1. The first-order valence-corrected chi connectivity index (χ1v) is 41.9. The van der Waals surface area contributed by atoms with E-state index in [0.717, 1.165) is 161 Å². The second-order valence-corrected chi connectivity index (χ2v) is 28.3. The molecule has 105 heavy (non-hydrogen) atoms. The van der Waals surface area contributed by atoms with Gasteiger partial charge in [-0.1, -0.05) is 361 Å². The number of carbonyl (C=O) groups is 3. The third-order valence-electron chi connectivity index (χ3n) is 17.2. The number of likely N-dealkylation sites (N-methyl/N-ethyl adjacent to an activating group) is 1. The summed E-state index contributed by atoms with van der Waals surface area (Å²) in [5, 5.41) is 11.9. The van der Waals surface area contributed by atoms with Gasteiger partial charge in [-0.25, -0.2) is 0 Å². The number of carboxylic acid groups (broad SMARTS) is 1. The molecule has 0 aliphatic heterocycles. The highest BCUT2D eigenvalue weighted by Crippen LogP contribution is 2.17. The minimum absolute atomic E-state index is 0.137. The van der Waals surface area contributed by atoms with E-state index in [0.29, 0.717) is 17.4 Å². The normalized spacial score (nSPS) is 13.8. The van der Waals surface area contributed by atoms with E-state index in [2.05, 4.69) is 233 Å². The second-order valence-electron chi connectivity index (χ2n) is 28.3. The molecule has 0 radical (unpaired) electrons. The van der Waals surface area contributed by atoms with Gasteiger partial charge in [-0.05, 0) is 154 Å². The molecular formula is C96H153NO8. The number of unbranched alkanes of at least 4 members (excludes halogenated alkanes) is 24. The molecule has 0 amide bonds. The summed E-state index contributed by atoms with van der Waals surface area (Å²) in [5.41, 5.74) is 0. The monoisotopic (exact) mass is 1450 g/mol. The second kappa shape index (κ2) is 83.3. The quantitative estimate of drug-likeness (QED) is 0.0195. The molecule has 0 fully saturated rings. The Balaban J connectivity index is 4.11. The van der Waals surface area contributed by atoms with Crippen molar-refractivity contribution < 1.29 is 42.9 Å². The minimum Gasteiger partial charge on any atom is -0.545 e. The van der Waals surface area contributed by atoms with E-state index in [4.69, 9.17) is 18.9 Å². The predicted molar refractivity (Wildman–Crippen MR) is 453 cm³/mol. The molecule has 0 bridgehead atoms. The van der Waals surface area contributed by atoms with Crippen LogP contribution in [0.15, 0.2) is 219 Å². The van der Waals surface area contributed by atoms with Gasteiger partial charge in [-0.2, -0.15) is 0 Å². The van der Waals surface area contributed by atoms with Crippen molar-refractivity contribution in [2.75, 3.05) is 47.5 Å². The molecule has 9 nitrogen and oxygen atoms in total. The zero-order valence-electron chi connectivity index (χ0n) is 67.5. The number of ether oxygens (including phenoxy) is 4. The Morgan fingerprint density at radius 1 is 0.286 bits per heavy atom. The Labute approximate surface area is 645 Å². The average Bonchev–Trinajstić information content (AvgIpc) is 1.97. The lowest BCUT2D eigenvalue weighted by Crippen LogP contribution is -2.44. The van der Waals surface area contributed by atoms with Crippen LogP contribution in [-0.4, -0.2) is 82.3 Å². The van der Waals surface area contributed by atoms with E-state index in [1.54, 1.807) is 0 Å². The van der Waals surface area contributed by atoms with Gasteiger partial charge in [-0.15, -0.1) is 0 Å². The summed E-state index contributed by atoms with van der Waals surface area (Å²) in [7, 11) is 5.92. The fraction of sp³-hybridized carbons (Fsp3) is 0.594. The topological polar surface area (TPSA) is 111 Å². The molecule has 9 heteroatoms. The Bertz CT molecular complexity index is 2550. The molecule has 0 saturated heterocycles. The summed E-state index contributed by atoms with van der Waals surface area (Å²) in [6.45, 7) is 4.50. The Hall–Kier alpha value is -6.39. The molecule has 0 rings (SSSR count). The lowest BCUT2D eigenvalue weighted by molar-refractivity contribution is -0.870. The third-order valence-corrected chi connectivity index (χ3v) is 17.2. The SMILES string of the molecule is CC/C=C\C/C=C\C/C=C\C/C=C\C/C=C\C/C=C\C/C=C\C/C=C\C/C=C\C/C=C\CCCCCCCCCCC(=O)OC(COC(=O)CCCCCCCCCCCCCCCCCC/C=C\C/C=C\C/C=C\C/C=C\C/C=C\C/C=C\C/C=C\C/C=C\CC)COC(OCC[N+](C)(C)C)C(=O)[O-]. The van der Waals surface area contributed by atoms with Crippen LogP contribution in [0.4, 0.5) is 0 Å². The summed E-state index contributed by atoms with van der Waals surface area (Å²) in [6.07, 6.45) is 128. The van der Waals surface area contributed by atoms with Gasteiger partial charge in [-0.3, -0.25) is 9.59 Å². The maximum Gasteiger partial charge on any atom is 0.306 e. The Morgan fingerprint density at radius 3 is 0.762 bits per heavy atom. The number of nitrogens with zero attached hydrogens (tertiary/aromatic N) is 1. The first-order chi connectivity index (χ1) is 51.6. The average molecular weight is 1450 g/mol.